The number of carbonyl (C=O) groups excluding carboxylic acids is 1. The zero-order valence-electron chi connectivity index (χ0n) is 13.8. The fourth-order valence-electron chi connectivity index (χ4n) is 2.86. The van der Waals surface area contributed by atoms with E-state index in [1.165, 1.54) is 12.8 Å². The molecule has 0 saturated heterocycles. The van der Waals surface area contributed by atoms with Gasteiger partial charge in [0, 0.05) is 5.54 Å². The Morgan fingerprint density at radius 3 is 2.21 bits per heavy atom. The topological polar surface area (TPSA) is 26.3 Å². The van der Waals surface area contributed by atoms with Crippen LogP contribution < -0.4 is 0 Å². The number of ether oxygens (including phenoxy) is 1. The second-order valence-electron chi connectivity index (χ2n) is 7.89. The smallest absolute Gasteiger partial charge is 0.306 e. The summed E-state index contributed by atoms with van der Waals surface area (Å²) in [5.74, 6) is 1.89. The van der Waals surface area contributed by atoms with Gasteiger partial charge in [0.1, 0.15) is 6.10 Å². The first-order valence-electron chi connectivity index (χ1n) is 7.83. The molecule has 3 heteroatoms. The molecule has 2 nitrogen and oxygen atoms in total. The van der Waals surface area contributed by atoms with Crippen molar-refractivity contribution in [1.29, 1.82) is 0 Å². The normalized spacial score (nSPS) is 30.2. The molecule has 4 atom stereocenters. The molecule has 0 amide bonds. The maximum Gasteiger partial charge on any atom is 0.306 e. The summed E-state index contributed by atoms with van der Waals surface area (Å²) >= 11 is 0. The third kappa shape index (κ3) is 4.62. The predicted octanol–water partition coefficient (Wildman–Crippen LogP) is 4.72. The average molecular weight is 285 g/mol. The van der Waals surface area contributed by atoms with Crippen molar-refractivity contribution in [3.63, 3.8) is 0 Å². The SMILES string of the molecule is CC(C)[C@H]1CC[C@@H](C)C[C@@H]1OC(=O)[C@@H](C)[Si](C)(C)C. The van der Waals surface area contributed by atoms with Crippen molar-refractivity contribution in [2.45, 2.75) is 78.2 Å². The van der Waals surface area contributed by atoms with Crippen LogP contribution in [0.1, 0.15) is 47.0 Å². The summed E-state index contributed by atoms with van der Waals surface area (Å²) in [5.41, 5.74) is 0.0949. The van der Waals surface area contributed by atoms with E-state index in [9.17, 15) is 4.79 Å². The van der Waals surface area contributed by atoms with Gasteiger partial charge in [0.05, 0.1) is 8.07 Å². The summed E-state index contributed by atoms with van der Waals surface area (Å²) in [6, 6.07) is 0. The first-order valence-corrected chi connectivity index (χ1v) is 11.4. The maximum atomic E-state index is 12.3. The minimum absolute atomic E-state index is 0.0453. The molecule has 19 heavy (non-hydrogen) atoms. The molecular formula is C16H32O2Si. The van der Waals surface area contributed by atoms with Crippen molar-refractivity contribution < 1.29 is 9.53 Å². The van der Waals surface area contributed by atoms with Crippen LogP contribution in [0.5, 0.6) is 0 Å². The standard InChI is InChI=1S/C16H32O2Si/c1-11(2)14-9-8-12(3)10-15(14)18-16(17)13(4)19(5,6)7/h11-15H,8-10H2,1-7H3/t12-,13-,14-,15+/m1/s1. The molecule has 1 aliphatic carbocycles. The molecule has 1 aliphatic rings. The summed E-state index contributed by atoms with van der Waals surface area (Å²) in [6.07, 6.45) is 3.68. The lowest BCUT2D eigenvalue weighted by Gasteiger charge is -2.38. The molecule has 1 fully saturated rings. The third-order valence-corrected chi connectivity index (χ3v) is 7.72. The van der Waals surface area contributed by atoms with Gasteiger partial charge in [-0.2, -0.15) is 0 Å². The molecule has 0 heterocycles. The highest BCUT2D eigenvalue weighted by Crippen LogP contribution is 2.36. The largest absolute Gasteiger partial charge is 0.462 e. The van der Waals surface area contributed by atoms with Crippen LogP contribution in [0.25, 0.3) is 0 Å². The minimum Gasteiger partial charge on any atom is -0.462 e. The number of carbonyl (C=O) groups is 1. The van der Waals surface area contributed by atoms with Gasteiger partial charge < -0.3 is 4.74 Å². The Balaban J connectivity index is 2.69. The molecule has 0 aromatic carbocycles. The van der Waals surface area contributed by atoms with E-state index < -0.39 is 8.07 Å². The number of hydrogen-bond donors (Lipinski definition) is 0. The van der Waals surface area contributed by atoms with E-state index in [0.717, 1.165) is 6.42 Å². The molecule has 0 N–H and O–H groups in total. The maximum absolute atomic E-state index is 12.3. The number of rotatable bonds is 4. The van der Waals surface area contributed by atoms with Gasteiger partial charge in [0.25, 0.3) is 0 Å². The van der Waals surface area contributed by atoms with Gasteiger partial charge in [-0.1, -0.05) is 53.8 Å². The highest BCUT2D eigenvalue weighted by molar-refractivity contribution is 6.80. The van der Waals surface area contributed by atoms with Gasteiger partial charge >= 0.3 is 5.97 Å². The van der Waals surface area contributed by atoms with Crippen molar-refractivity contribution >= 4 is 14.0 Å². The molecule has 0 spiro atoms. The van der Waals surface area contributed by atoms with Gasteiger partial charge in [0.2, 0.25) is 0 Å². The number of hydrogen-bond acceptors (Lipinski definition) is 2. The monoisotopic (exact) mass is 284 g/mol. The Hall–Kier alpha value is -0.313. The van der Waals surface area contributed by atoms with E-state index in [1.54, 1.807) is 0 Å². The van der Waals surface area contributed by atoms with Crippen LogP contribution in [-0.4, -0.2) is 20.1 Å². The highest BCUT2D eigenvalue weighted by atomic mass is 28.3. The molecule has 0 aromatic heterocycles. The second kappa shape index (κ2) is 6.42. The van der Waals surface area contributed by atoms with Crippen molar-refractivity contribution in [2.75, 3.05) is 0 Å². The number of esters is 1. The van der Waals surface area contributed by atoms with Crippen molar-refractivity contribution in [3.05, 3.63) is 0 Å². The van der Waals surface area contributed by atoms with E-state index in [2.05, 4.69) is 40.4 Å². The van der Waals surface area contributed by atoms with Crippen LogP contribution >= 0.6 is 0 Å². The summed E-state index contributed by atoms with van der Waals surface area (Å²) in [5, 5.41) is 0. The second-order valence-corrected chi connectivity index (χ2v) is 13.5. The first kappa shape index (κ1) is 16.7. The molecule has 1 rings (SSSR count). The van der Waals surface area contributed by atoms with Gasteiger partial charge in [-0.3, -0.25) is 4.79 Å². The Morgan fingerprint density at radius 2 is 1.74 bits per heavy atom. The van der Waals surface area contributed by atoms with Crippen LogP contribution in [0.3, 0.4) is 0 Å². The fraction of sp³-hybridized carbons (Fsp3) is 0.938. The van der Waals surface area contributed by atoms with E-state index >= 15 is 0 Å². The lowest BCUT2D eigenvalue weighted by molar-refractivity contribution is -0.155. The molecule has 0 unspecified atom stereocenters. The zero-order chi connectivity index (χ0) is 14.8. The van der Waals surface area contributed by atoms with Gasteiger partial charge in [-0.15, -0.1) is 0 Å². The zero-order valence-corrected chi connectivity index (χ0v) is 14.8. The molecule has 112 valence electrons. The van der Waals surface area contributed by atoms with Crippen molar-refractivity contribution in [3.8, 4) is 0 Å². The van der Waals surface area contributed by atoms with Crippen molar-refractivity contribution in [1.82, 2.24) is 0 Å². The van der Waals surface area contributed by atoms with Crippen LogP contribution in [0.4, 0.5) is 0 Å². The molecule has 0 bridgehead atoms. The van der Waals surface area contributed by atoms with E-state index in [0.29, 0.717) is 17.8 Å². The van der Waals surface area contributed by atoms with E-state index in [1.807, 2.05) is 6.92 Å². The average Bonchev–Trinajstić information content (AvgIpc) is 2.26. The van der Waals surface area contributed by atoms with Crippen molar-refractivity contribution in [2.24, 2.45) is 17.8 Å². The Morgan fingerprint density at radius 1 is 1.16 bits per heavy atom. The molecule has 1 saturated carbocycles. The summed E-state index contributed by atoms with van der Waals surface area (Å²) < 4.78 is 5.92. The summed E-state index contributed by atoms with van der Waals surface area (Å²) in [7, 11) is -1.45. The van der Waals surface area contributed by atoms with Gasteiger partial charge in [-0.25, -0.2) is 0 Å². The lowest BCUT2D eigenvalue weighted by Crippen LogP contribution is -2.40. The van der Waals surface area contributed by atoms with E-state index in [-0.39, 0.29) is 17.6 Å². The van der Waals surface area contributed by atoms with Gasteiger partial charge in [0.15, 0.2) is 0 Å². The predicted molar refractivity (Wildman–Crippen MR) is 84.0 cm³/mol. The van der Waals surface area contributed by atoms with Gasteiger partial charge in [-0.05, 0) is 30.6 Å². The Bertz CT molecular complexity index is 306. The Kier molecular flexibility index (Phi) is 5.66. The molecule has 0 aliphatic heterocycles. The van der Waals surface area contributed by atoms with Crippen LogP contribution in [0.15, 0.2) is 0 Å². The van der Waals surface area contributed by atoms with Crippen LogP contribution in [-0.2, 0) is 9.53 Å². The van der Waals surface area contributed by atoms with Crippen LogP contribution in [0.2, 0.25) is 25.2 Å². The van der Waals surface area contributed by atoms with E-state index in [4.69, 9.17) is 4.74 Å². The third-order valence-electron chi connectivity index (χ3n) is 4.88. The fourth-order valence-corrected chi connectivity index (χ4v) is 3.63. The quantitative estimate of drug-likeness (QED) is 0.551. The summed E-state index contributed by atoms with van der Waals surface area (Å²) in [6.45, 7) is 15.5. The molecular weight excluding hydrogens is 252 g/mol. The highest BCUT2D eigenvalue weighted by Gasteiger charge is 2.36. The molecule has 0 radical (unpaired) electrons. The lowest BCUT2D eigenvalue weighted by atomic mass is 9.75. The molecule has 0 aromatic rings. The Labute approximate surface area is 120 Å². The first-order chi connectivity index (χ1) is 8.62. The minimum atomic E-state index is -1.45. The van der Waals surface area contributed by atoms with Crippen LogP contribution in [0, 0.1) is 17.8 Å². The summed E-state index contributed by atoms with van der Waals surface area (Å²) in [4.78, 5) is 12.3.